The van der Waals surface area contributed by atoms with E-state index in [0.29, 0.717) is 104 Å². The Hall–Kier alpha value is 0.0600. The molecule has 0 saturated carbocycles. The highest BCUT2D eigenvalue weighted by Crippen LogP contribution is 2.49. The minimum atomic E-state index is -3.18. The van der Waals surface area contributed by atoms with E-state index in [9.17, 15) is 9.13 Å². The van der Waals surface area contributed by atoms with Crippen molar-refractivity contribution in [3.63, 3.8) is 0 Å². The fraction of sp³-hybridized carbons (Fsp3) is 1.00. The molecule has 0 fully saturated rings. The van der Waals surface area contributed by atoms with Gasteiger partial charge in [0.05, 0.1) is 38.8 Å². The van der Waals surface area contributed by atoms with Crippen LogP contribution >= 0.6 is 15.2 Å². The zero-order valence-corrected chi connectivity index (χ0v) is 31.5. The minimum Gasteiger partial charge on any atom is -0.329 e. The first-order valence-electron chi connectivity index (χ1n) is 18.3. The highest BCUT2D eigenvalue weighted by atomic mass is 31.2. The molecule has 14 heteroatoms. The number of hydrogen-bond acceptors (Lipinski definition) is 12. The van der Waals surface area contributed by atoms with Crippen LogP contribution in [0.1, 0.15) is 104 Å². The molecule has 46 heavy (non-hydrogen) atoms. The van der Waals surface area contributed by atoms with Gasteiger partial charge in [0.15, 0.2) is 0 Å². The number of nitrogens with two attached hydrogens (primary N) is 4. The second kappa shape index (κ2) is 32.3. The van der Waals surface area contributed by atoms with E-state index in [4.69, 9.17) is 41.0 Å². The average Bonchev–Trinajstić information content (AvgIpc) is 3.04. The molecule has 0 spiro atoms. The van der Waals surface area contributed by atoms with Crippen LogP contribution in [0.2, 0.25) is 0 Å². The zero-order valence-electron chi connectivity index (χ0n) is 29.8. The SMILES string of the molecule is CCCCCCOP(=O)(CCN(CCN)CCN)OCCCCCCCCOP(=O)(CCN(CCN)CCN)OCCCCCC. The summed E-state index contributed by atoms with van der Waals surface area (Å²) >= 11 is 0. The van der Waals surface area contributed by atoms with E-state index in [1.54, 1.807) is 0 Å². The quantitative estimate of drug-likeness (QED) is 0.0481. The van der Waals surface area contributed by atoms with E-state index in [1.807, 2.05) is 0 Å². The Morgan fingerprint density at radius 2 is 0.674 bits per heavy atom. The van der Waals surface area contributed by atoms with Gasteiger partial charge in [-0.1, -0.05) is 78.1 Å². The van der Waals surface area contributed by atoms with Gasteiger partial charge < -0.3 is 50.8 Å². The Morgan fingerprint density at radius 1 is 0.413 bits per heavy atom. The monoisotopic (exact) mass is 701 g/mol. The summed E-state index contributed by atoms with van der Waals surface area (Å²) in [5.41, 5.74) is 22.9. The van der Waals surface area contributed by atoms with E-state index in [0.717, 1.165) is 89.9 Å². The molecule has 0 aromatic heterocycles. The van der Waals surface area contributed by atoms with E-state index in [-0.39, 0.29) is 0 Å². The first kappa shape index (κ1) is 46.1. The van der Waals surface area contributed by atoms with Crippen LogP contribution in [0.5, 0.6) is 0 Å². The second-order valence-corrected chi connectivity index (χ2v) is 16.5. The standard InChI is InChI=1S/C32H74N6O6P2/c1-3-5-7-13-27-41-45(39,31-25-37(21-17-33)22-18-34)43-29-15-11-9-10-12-16-30-44-46(40,42-28-14-8-6-4-2)32-26-38(23-19-35)24-20-36/h3-36H2,1-2H3. The summed E-state index contributed by atoms with van der Waals surface area (Å²) in [6.45, 7) is 12.3. The van der Waals surface area contributed by atoms with Crippen molar-refractivity contribution in [2.75, 3.05) is 104 Å². The van der Waals surface area contributed by atoms with Crippen molar-refractivity contribution < 1.29 is 27.2 Å². The van der Waals surface area contributed by atoms with Crippen LogP contribution in [0, 0.1) is 0 Å². The number of unbranched alkanes of at least 4 members (excludes halogenated alkanes) is 11. The molecule has 12 nitrogen and oxygen atoms in total. The van der Waals surface area contributed by atoms with Crippen LogP contribution in [0.4, 0.5) is 0 Å². The maximum Gasteiger partial charge on any atom is 0.331 e. The summed E-state index contributed by atoms with van der Waals surface area (Å²) < 4.78 is 50.6. The number of rotatable bonds is 37. The third-order valence-electron chi connectivity index (χ3n) is 7.85. The van der Waals surface area contributed by atoms with Gasteiger partial charge in [0.2, 0.25) is 0 Å². The molecule has 0 radical (unpaired) electrons. The van der Waals surface area contributed by atoms with Gasteiger partial charge in [0.1, 0.15) is 0 Å². The van der Waals surface area contributed by atoms with Crippen molar-refractivity contribution in [1.82, 2.24) is 9.80 Å². The molecular weight excluding hydrogens is 626 g/mol. The molecule has 0 rings (SSSR count). The van der Waals surface area contributed by atoms with Gasteiger partial charge >= 0.3 is 15.2 Å². The number of nitrogens with zero attached hydrogens (tertiary/aromatic N) is 2. The second-order valence-electron chi connectivity index (χ2n) is 12.1. The largest absolute Gasteiger partial charge is 0.331 e. The summed E-state index contributed by atoms with van der Waals surface area (Å²) in [5.74, 6) is 0. The van der Waals surface area contributed by atoms with Crippen LogP contribution in [-0.2, 0) is 27.2 Å². The third kappa shape index (κ3) is 26.9. The Kier molecular flexibility index (Phi) is 32.3. The smallest absolute Gasteiger partial charge is 0.329 e. The zero-order chi connectivity index (χ0) is 34.2. The van der Waals surface area contributed by atoms with Crippen LogP contribution in [-0.4, -0.2) is 114 Å². The maximum absolute atomic E-state index is 13.5. The van der Waals surface area contributed by atoms with Crippen molar-refractivity contribution in [1.29, 1.82) is 0 Å². The van der Waals surface area contributed by atoms with Gasteiger partial charge in [0, 0.05) is 65.4 Å². The van der Waals surface area contributed by atoms with Crippen LogP contribution in [0.15, 0.2) is 0 Å². The molecule has 0 aliphatic carbocycles. The lowest BCUT2D eigenvalue weighted by Gasteiger charge is -2.24. The van der Waals surface area contributed by atoms with E-state index < -0.39 is 15.2 Å². The topological polar surface area (TPSA) is 182 Å². The average molecular weight is 701 g/mol. The van der Waals surface area contributed by atoms with E-state index in [2.05, 4.69) is 23.6 Å². The fourth-order valence-corrected chi connectivity index (χ4v) is 8.40. The van der Waals surface area contributed by atoms with Crippen molar-refractivity contribution in [3.8, 4) is 0 Å². The predicted octanol–water partition coefficient (Wildman–Crippen LogP) is 5.38. The molecule has 0 aromatic rings. The van der Waals surface area contributed by atoms with Crippen molar-refractivity contribution in [3.05, 3.63) is 0 Å². The fourth-order valence-electron chi connectivity index (χ4n) is 5.05. The van der Waals surface area contributed by atoms with Crippen molar-refractivity contribution >= 4 is 15.2 Å². The van der Waals surface area contributed by atoms with Gasteiger partial charge in [-0.15, -0.1) is 0 Å². The van der Waals surface area contributed by atoms with Crippen molar-refractivity contribution in [2.24, 2.45) is 22.9 Å². The molecular formula is C32H74N6O6P2. The molecule has 0 aliphatic rings. The van der Waals surface area contributed by atoms with E-state index in [1.165, 1.54) is 0 Å². The van der Waals surface area contributed by atoms with Gasteiger partial charge in [-0.05, 0) is 25.7 Å². The van der Waals surface area contributed by atoms with Gasteiger partial charge in [0.25, 0.3) is 0 Å². The Bertz CT molecular complexity index is 686. The van der Waals surface area contributed by atoms with Gasteiger partial charge in [-0.25, -0.2) is 0 Å². The first-order valence-corrected chi connectivity index (χ1v) is 21.8. The maximum atomic E-state index is 13.5. The van der Waals surface area contributed by atoms with Crippen LogP contribution in [0.25, 0.3) is 0 Å². The number of hydrogen-bond donors (Lipinski definition) is 4. The third-order valence-corrected chi connectivity index (χ3v) is 11.6. The molecule has 0 saturated heterocycles. The molecule has 2 atom stereocenters. The highest BCUT2D eigenvalue weighted by Gasteiger charge is 2.26. The molecule has 0 aliphatic heterocycles. The molecule has 0 bridgehead atoms. The minimum absolute atomic E-state index is 0.352. The first-order chi connectivity index (χ1) is 22.3. The summed E-state index contributed by atoms with van der Waals surface area (Å²) in [6.07, 6.45) is 14.9. The molecule has 278 valence electrons. The Balaban J connectivity index is 4.52. The van der Waals surface area contributed by atoms with E-state index >= 15 is 0 Å². The summed E-state index contributed by atoms with van der Waals surface area (Å²) in [7, 11) is -6.37. The predicted molar refractivity (Wildman–Crippen MR) is 194 cm³/mol. The van der Waals surface area contributed by atoms with Gasteiger partial charge in [-0.2, -0.15) is 0 Å². The molecule has 0 aromatic carbocycles. The summed E-state index contributed by atoms with van der Waals surface area (Å²) in [6, 6.07) is 0. The van der Waals surface area contributed by atoms with Crippen molar-refractivity contribution in [2.45, 2.75) is 104 Å². The summed E-state index contributed by atoms with van der Waals surface area (Å²) in [5, 5.41) is 0. The van der Waals surface area contributed by atoms with Crippen LogP contribution < -0.4 is 22.9 Å². The van der Waals surface area contributed by atoms with Gasteiger partial charge in [-0.3, -0.25) is 9.13 Å². The summed E-state index contributed by atoms with van der Waals surface area (Å²) in [4.78, 5) is 4.24. The normalized spacial score (nSPS) is 14.7. The lowest BCUT2D eigenvalue weighted by molar-refractivity contribution is 0.190. The lowest BCUT2D eigenvalue weighted by atomic mass is 10.1. The lowest BCUT2D eigenvalue weighted by Crippen LogP contribution is -2.36. The molecule has 0 heterocycles. The Labute approximate surface area is 282 Å². The highest BCUT2D eigenvalue weighted by molar-refractivity contribution is 7.54. The Morgan fingerprint density at radius 3 is 0.935 bits per heavy atom. The molecule has 2 unspecified atom stereocenters. The molecule has 8 N–H and O–H groups in total. The molecule has 0 amide bonds. The van der Waals surface area contributed by atoms with Crippen LogP contribution in [0.3, 0.4) is 0 Å².